The zero-order valence-electron chi connectivity index (χ0n) is 17.5. The highest BCUT2D eigenvalue weighted by Crippen LogP contribution is 2.25. The summed E-state index contributed by atoms with van der Waals surface area (Å²) in [6.45, 7) is 7.74. The smallest absolute Gasteiger partial charge is 0.238 e. The third-order valence-corrected chi connectivity index (χ3v) is 6.08. The molecule has 1 heterocycles. The lowest BCUT2D eigenvalue weighted by molar-refractivity contribution is -0.00832. The van der Waals surface area contributed by atoms with Gasteiger partial charge in [-0.15, -0.1) is 0 Å². The summed E-state index contributed by atoms with van der Waals surface area (Å²) in [5, 5.41) is 8.53. The van der Waals surface area contributed by atoms with E-state index in [0.29, 0.717) is 19.6 Å². The Balaban J connectivity index is 1.65. The van der Waals surface area contributed by atoms with Crippen molar-refractivity contribution >= 4 is 16.0 Å². The molecular weight excluding hydrogens is 400 g/mol. The van der Waals surface area contributed by atoms with Gasteiger partial charge in [-0.1, -0.05) is 36.4 Å². The molecular formula is C22H30N4O3S. The summed E-state index contributed by atoms with van der Waals surface area (Å²) in [5.74, 6) is 0.876. The van der Waals surface area contributed by atoms with Crippen molar-refractivity contribution in [3.63, 3.8) is 0 Å². The van der Waals surface area contributed by atoms with Crippen molar-refractivity contribution in [1.82, 2.24) is 10.2 Å². The largest absolute Gasteiger partial charge is 0.370 e. The standard InChI is InChI=1S/C22H30N4O3S/c1-3-24-22(25-13-12-18-8-10-19(11-9-18)30(23,27)28)26-14-15-29-21(16-26)20-7-5-4-6-17(20)2/h4-11,21H,3,12-16H2,1-2H3,(H,24,25)(H2,23,27,28). The zero-order valence-corrected chi connectivity index (χ0v) is 18.4. The quantitative estimate of drug-likeness (QED) is 0.541. The van der Waals surface area contributed by atoms with Crippen LogP contribution in [-0.2, 0) is 21.2 Å². The number of rotatable bonds is 6. The molecule has 2 aromatic rings. The van der Waals surface area contributed by atoms with E-state index < -0.39 is 10.0 Å². The van der Waals surface area contributed by atoms with Crippen LogP contribution in [0.25, 0.3) is 0 Å². The van der Waals surface area contributed by atoms with Crippen LogP contribution >= 0.6 is 0 Å². The lowest BCUT2D eigenvalue weighted by atomic mass is 10.0. The van der Waals surface area contributed by atoms with Crippen LogP contribution < -0.4 is 10.5 Å². The lowest BCUT2D eigenvalue weighted by Crippen LogP contribution is -2.48. The lowest BCUT2D eigenvalue weighted by Gasteiger charge is -2.35. The number of nitrogens with two attached hydrogens (primary N) is 1. The number of nitrogens with zero attached hydrogens (tertiary/aromatic N) is 2. The molecule has 0 aromatic heterocycles. The Hall–Kier alpha value is -2.42. The molecule has 1 aliphatic rings. The van der Waals surface area contributed by atoms with Crippen molar-refractivity contribution in [2.75, 3.05) is 32.8 Å². The van der Waals surface area contributed by atoms with Gasteiger partial charge in [-0.3, -0.25) is 4.99 Å². The predicted molar refractivity (Wildman–Crippen MR) is 119 cm³/mol. The van der Waals surface area contributed by atoms with Gasteiger partial charge in [-0.05, 0) is 49.1 Å². The highest BCUT2D eigenvalue weighted by molar-refractivity contribution is 7.89. The Kier molecular flexibility index (Phi) is 7.47. The van der Waals surface area contributed by atoms with Crippen LogP contribution in [0.4, 0.5) is 0 Å². The van der Waals surface area contributed by atoms with Gasteiger partial charge < -0.3 is 15.0 Å². The van der Waals surface area contributed by atoms with E-state index in [1.807, 2.05) is 12.1 Å². The average molecular weight is 431 g/mol. The summed E-state index contributed by atoms with van der Waals surface area (Å²) < 4.78 is 28.8. The van der Waals surface area contributed by atoms with Crippen molar-refractivity contribution in [2.24, 2.45) is 10.1 Å². The van der Waals surface area contributed by atoms with E-state index in [2.05, 4.69) is 36.2 Å². The number of ether oxygens (including phenoxy) is 1. The molecule has 0 bridgehead atoms. The van der Waals surface area contributed by atoms with E-state index in [0.717, 1.165) is 31.2 Å². The zero-order chi connectivity index (χ0) is 21.6. The van der Waals surface area contributed by atoms with Gasteiger partial charge >= 0.3 is 0 Å². The number of hydrogen-bond acceptors (Lipinski definition) is 4. The Morgan fingerprint density at radius 1 is 1.23 bits per heavy atom. The van der Waals surface area contributed by atoms with Crippen LogP contribution in [0.5, 0.6) is 0 Å². The second-order valence-electron chi connectivity index (χ2n) is 7.34. The molecule has 0 spiro atoms. The molecule has 1 saturated heterocycles. The van der Waals surface area contributed by atoms with Crippen molar-refractivity contribution in [1.29, 1.82) is 0 Å². The Bertz CT molecular complexity index is 974. The second-order valence-corrected chi connectivity index (χ2v) is 8.90. The third kappa shape index (κ3) is 5.81. The normalized spacial score (nSPS) is 17.8. The maximum atomic E-state index is 11.4. The van der Waals surface area contributed by atoms with Crippen molar-refractivity contribution < 1.29 is 13.2 Å². The molecule has 1 aliphatic heterocycles. The number of benzene rings is 2. The summed E-state index contributed by atoms with van der Waals surface area (Å²) in [6, 6.07) is 15.0. The van der Waals surface area contributed by atoms with E-state index >= 15 is 0 Å². The first-order valence-electron chi connectivity index (χ1n) is 10.2. The average Bonchev–Trinajstić information content (AvgIpc) is 2.73. The Labute approximate surface area is 179 Å². The molecule has 7 nitrogen and oxygen atoms in total. The van der Waals surface area contributed by atoms with Crippen molar-refractivity contribution in [3.05, 3.63) is 65.2 Å². The van der Waals surface area contributed by atoms with Crippen LogP contribution in [-0.4, -0.2) is 52.1 Å². The number of aryl methyl sites for hydroxylation is 1. The van der Waals surface area contributed by atoms with Gasteiger partial charge in [-0.2, -0.15) is 0 Å². The number of aliphatic imine (C=N–C) groups is 1. The molecule has 3 N–H and O–H groups in total. The summed E-state index contributed by atoms with van der Waals surface area (Å²) in [4.78, 5) is 7.16. The number of morpholine rings is 1. The van der Waals surface area contributed by atoms with Crippen LogP contribution in [0, 0.1) is 6.92 Å². The molecule has 0 amide bonds. The fourth-order valence-corrected chi connectivity index (χ4v) is 4.06. The Morgan fingerprint density at radius 2 is 1.97 bits per heavy atom. The summed E-state index contributed by atoms with van der Waals surface area (Å²) >= 11 is 0. The van der Waals surface area contributed by atoms with Crippen LogP contribution in [0.3, 0.4) is 0 Å². The first-order chi connectivity index (χ1) is 14.4. The van der Waals surface area contributed by atoms with Crippen molar-refractivity contribution in [3.8, 4) is 0 Å². The van der Waals surface area contributed by atoms with Gasteiger partial charge in [0.05, 0.1) is 18.0 Å². The molecule has 3 rings (SSSR count). The first-order valence-corrected chi connectivity index (χ1v) is 11.7. The maximum Gasteiger partial charge on any atom is 0.238 e. The molecule has 0 saturated carbocycles. The van der Waals surface area contributed by atoms with E-state index in [1.54, 1.807) is 12.1 Å². The summed E-state index contributed by atoms with van der Waals surface area (Å²) in [6.07, 6.45) is 0.736. The van der Waals surface area contributed by atoms with E-state index in [1.165, 1.54) is 23.3 Å². The molecule has 8 heteroatoms. The highest BCUT2D eigenvalue weighted by Gasteiger charge is 2.25. The predicted octanol–water partition coefficient (Wildman–Crippen LogP) is 2.22. The molecule has 0 aliphatic carbocycles. The van der Waals surface area contributed by atoms with Crippen LogP contribution in [0.15, 0.2) is 58.4 Å². The molecule has 1 fully saturated rings. The Morgan fingerprint density at radius 3 is 2.63 bits per heavy atom. The fourth-order valence-electron chi connectivity index (χ4n) is 3.54. The molecule has 1 atom stereocenters. The molecule has 1 unspecified atom stereocenters. The minimum Gasteiger partial charge on any atom is -0.370 e. The van der Waals surface area contributed by atoms with Crippen LogP contribution in [0.1, 0.15) is 29.7 Å². The van der Waals surface area contributed by atoms with E-state index in [4.69, 9.17) is 14.9 Å². The molecule has 30 heavy (non-hydrogen) atoms. The minimum absolute atomic E-state index is 0.0227. The van der Waals surface area contributed by atoms with Crippen LogP contribution in [0.2, 0.25) is 0 Å². The maximum absolute atomic E-state index is 11.4. The van der Waals surface area contributed by atoms with Crippen molar-refractivity contribution in [2.45, 2.75) is 31.3 Å². The number of nitrogens with one attached hydrogen (secondary N) is 1. The second kappa shape index (κ2) is 10.1. The number of sulfonamides is 1. The molecule has 0 radical (unpaired) electrons. The summed E-state index contributed by atoms with van der Waals surface area (Å²) in [5.41, 5.74) is 3.46. The van der Waals surface area contributed by atoms with Gasteiger partial charge in [0.1, 0.15) is 6.10 Å². The number of hydrogen-bond donors (Lipinski definition) is 2. The number of guanidine groups is 1. The SMILES string of the molecule is CCNC(=NCCc1ccc(S(N)(=O)=O)cc1)N1CCOC(c2ccccc2C)C1. The van der Waals surface area contributed by atoms with Gasteiger partial charge in [0.25, 0.3) is 0 Å². The topological polar surface area (TPSA) is 97.0 Å². The monoisotopic (exact) mass is 430 g/mol. The minimum atomic E-state index is -3.66. The number of primary sulfonamides is 1. The van der Waals surface area contributed by atoms with Gasteiger partial charge in [0.2, 0.25) is 10.0 Å². The van der Waals surface area contributed by atoms with E-state index in [9.17, 15) is 8.42 Å². The first kappa shape index (κ1) is 22.3. The third-order valence-electron chi connectivity index (χ3n) is 5.15. The van der Waals surface area contributed by atoms with Gasteiger partial charge in [0.15, 0.2) is 5.96 Å². The molecule has 2 aromatic carbocycles. The van der Waals surface area contributed by atoms with Gasteiger partial charge in [0, 0.05) is 19.6 Å². The summed E-state index contributed by atoms with van der Waals surface area (Å²) in [7, 11) is -3.66. The fraction of sp³-hybridized carbons (Fsp3) is 0.409. The molecule has 162 valence electrons. The van der Waals surface area contributed by atoms with E-state index in [-0.39, 0.29) is 11.0 Å². The van der Waals surface area contributed by atoms with Gasteiger partial charge in [-0.25, -0.2) is 13.6 Å². The highest BCUT2D eigenvalue weighted by atomic mass is 32.2.